The van der Waals surface area contributed by atoms with Crippen LogP contribution in [-0.2, 0) is 16.0 Å². The summed E-state index contributed by atoms with van der Waals surface area (Å²) >= 11 is 0. The molecule has 0 saturated carbocycles. The van der Waals surface area contributed by atoms with E-state index in [0.29, 0.717) is 24.8 Å². The molecule has 0 heterocycles. The lowest BCUT2D eigenvalue weighted by Crippen LogP contribution is -2.08. The topological polar surface area (TPSA) is 54.4 Å². The van der Waals surface area contributed by atoms with Crippen molar-refractivity contribution in [3.63, 3.8) is 0 Å². The average Bonchev–Trinajstić information content (AvgIpc) is 2.61. The van der Waals surface area contributed by atoms with E-state index in [9.17, 15) is 21.6 Å². The summed E-state index contributed by atoms with van der Waals surface area (Å²) in [6, 6.07) is 10.7. The predicted molar refractivity (Wildman–Crippen MR) is 94.5 cm³/mol. The maximum absolute atomic E-state index is 13.1. The summed E-state index contributed by atoms with van der Waals surface area (Å²) in [5, 5.41) is 8.70. The molecule has 0 atom stereocenters. The fourth-order valence-electron chi connectivity index (χ4n) is 2.70. The van der Waals surface area contributed by atoms with Crippen LogP contribution in [0.25, 0.3) is 11.1 Å². The second-order valence-corrected chi connectivity index (χ2v) is 8.13. The van der Waals surface area contributed by atoms with Gasteiger partial charge in [-0.1, -0.05) is 43.2 Å². The van der Waals surface area contributed by atoms with Crippen LogP contribution in [0.15, 0.2) is 53.4 Å². The molecular formula is C19H21F3O3S. The van der Waals surface area contributed by atoms with Crippen LogP contribution in [0.5, 0.6) is 0 Å². The van der Waals surface area contributed by atoms with Crippen LogP contribution >= 0.6 is 0 Å². The molecule has 0 saturated heterocycles. The Bertz CT molecular complexity index is 813. The molecule has 2 rings (SSSR count). The first-order chi connectivity index (χ1) is 12.3. The van der Waals surface area contributed by atoms with E-state index in [1.54, 1.807) is 0 Å². The van der Waals surface area contributed by atoms with Crippen molar-refractivity contribution >= 4 is 9.84 Å². The summed E-state index contributed by atoms with van der Waals surface area (Å²) in [5.74, 6) is -0.0170. The number of alkyl halides is 3. The van der Waals surface area contributed by atoms with Gasteiger partial charge in [0.2, 0.25) is 0 Å². The summed E-state index contributed by atoms with van der Waals surface area (Å²) in [6.45, 7) is 0.0909. The zero-order valence-corrected chi connectivity index (χ0v) is 15.0. The number of hydrogen-bond donors (Lipinski definition) is 1. The summed E-state index contributed by atoms with van der Waals surface area (Å²) in [4.78, 5) is 0.105. The molecule has 0 bridgehead atoms. The van der Waals surface area contributed by atoms with Crippen molar-refractivity contribution in [2.75, 3.05) is 12.4 Å². The Kier molecular flexibility index (Phi) is 6.83. The number of halogens is 3. The molecule has 26 heavy (non-hydrogen) atoms. The smallest absolute Gasteiger partial charge is 0.396 e. The van der Waals surface area contributed by atoms with Crippen molar-refractivity contribution in [3.8, 4) is 11.1 Å². The van der Waals surface area contributed by atoms with E-state index >= 15 is 0 Å². The van der Waals surface area contributed by atoms with Gasteiger partial charge in [-0.15, -0.1) is 0 Å². The molecule has 0 radical (unpaired) electrons. The molecule has 142 valence electrons. The fourth-order valence-corrected chi connectivity index (χ4v) is 4.07. The highest BCUT2D eigenvalue weighted by atomic mass is 32.2. The number of unbranched alkanes of at least 4 members (excludes halogenated alkanes) is 3. The summed E-state index contributed by atoms with van der Waals surface area (Å²) in [6.07, 6.45) is -1.87. The minimum absolute atomic E-state index is 0.0170. The summed E-state index contributed by atoms with van der Waals surface area (Å²) < 4.78 is 64.0. The van der Waals surface area contributed by atoms with Gasteiger partial charge >= 0.3 is 6.18 Å². The van der Waals surface area contributed by atoms with Crippen molar-refractivity contribution in [3.05, 3.63) is 54.1 Å². The standard InChI is InChI=1S/C19H21F3O3S/c20-19(21,22)18-8-4-3-7-17(18)15-9-11-16(12-10-15)26(24,25)14-6-2-1-5-13-23/h3-4,7-12,23H,1-2,5-6,13-14H2. The first-order valence-electron chi connectivity index (χ1n) is 8.36. The maximum Gasteiger partial charge on any atom is 0.417 e. The minimum Gasteiger partial charge on any atom is -0.396 e. The molecule has 0 unspecified atom stereocenters. The van der Waals surface area contributed by atoms with E-state index in [0.717, 1.165) is 12.5 Å². The average molecular weight is 386 g/mol. The molecule has 0 aliphatic rings. The Hall–Kier alpha value is -1.86. The van der Waals surface area contributed by atoms with E-state index in [-0.39, 0.29) is 22.8 Å². The Morgan fingerprint density at radius 3 is 2.08 bits per heavy atom. The molecule has 7 heteroatoms. The molecule has 0 spiro atoms. The highest BCUT2D eigenvalue weighted by molar-refractivity contribution is 7.91. The van der Waals surface area contributed by atoms with E-state index in [2.05, 4.69) is 0 Å². The Morgan fingerprint density at radius 1 is 0.846 bits per heavy atom. The lowest BCUT2D eigenvalue weighted by Gasteiger charge is -2.13. The van der Waals surface area contributed by atoms with Crippen LogP contribution in [0.2, 0.25) is 0 Å². The van der Waals surface area contributed by atoms with Crippen molar-refractivity contribution in [1.82, 2.24) is 0 Å². The van der Waals surface area contributed by atoms with Crippen LogP contribution < -0.4 is 0 Å². The van der Waals surface area contributed by atoms with Crippen molar-refractivity contribution in [2.24, 2.45) is 0 Å². The van der Waals surface area contributed by atoms with Crippen molar-refractivity contribution in [1.29, 1.82) is 0 Å². The first kappa shape index (κ1) is 20.5. The highest BCUT2D eigenvalue weighted by Crippen LogP contribution is 2.37. The third-order valence-corrected chi connectivity index (χ3v) is 5.89. The largest absolute Gasteiger partial charge is 0.417 e. The number of aliphatic hydroxyl groups excluding tert-OH is 1. The van der Waals surface area contributed by atoms with E-state index < -0.39 is 21.6 Å². The van der Waals surface area contributed by atoms with Crippen LogP contribution in [0, 0.1) is 0 Å². The molecule has 0 amide bonds. The van der Waals surface area contributed by atoms with E-state index in [4.69, 9.17) is 5.11 Å². The fraction of sp³-hybridized carbons (Fsp3) is 0.368. The molecule has 0 aliphatic heterocycles. The second-order valence-electron chi connectivity index (χ2n) is 6.02. The lowest BCUT2D eigenvalue weighted by atomic mass is 9.99. The molecule has 1 N–H and O–H groups in total. The molecule has 0 aromatic heterocycles. The monoisotopic (exact) mass is 386 g/mol. The van der Waals surface area contributed by atoms with Crippen LogP contribution in [0.4, 0.5) is 13.2 Å². The molecule has 2 aromatic carbocycles. The lowest BCUT2D eigenvalue weighted by molar-refractivity contribution is -0.137. The van der Waals surface area contributed by atoms with Gasteiger partial charge in [-0.25, -0.2) is 8.42 Å². The third-order valence-electron chi connectivity index (χ3n) is 4.08. The van der Waals surface area contributed by atoms with Crippen LogP contribution in [0.3, 0.4) is 0 Å². The Labute approximate surface area is 151 Å². The summed E-state index contributed by atoms with van der Waals surface area (Å²) in [5.41, 5.74) is -0.410. The molecule has 3 nitrogen and oxygen atoms in total. The Morgan fingerprint density at radius 2 is 1.46 bits per heavy atom. The van der Waals surface area contributed by atoms with Crippen molar-refractivity contribution in [2.45, 2.75) is 36.8 Å². The third kappa shape index (κ3) is 5.32. The predicted octanol–water partition coefficient (Wildman–Crippen LogP) is 4.70. The zero-order valence-electron chi connectivity index (χ0n) is 14.2. The van der Waals surface area contributed by atoms with Gasteiger partial charge in [0.05, 0.1) is 16.2 Å². The van der Waals surface area contributed by atoms with Crippen LogP contribution in [0.1, 0.15) is 31.2 Å². The SMILES string of the molecule is O=S(=O)(CCCCCCO)c1ccc(-c2ccccc2C(F)(F)F)cc1. The number of sulfone groups is 1. The van der Waals surface area contributed by atoms with Gasteiger partial charge in [-0.2, -0.15) is 13.2 Å². The first-order valence-corrected chi connectivity index (χ1v) is 10.0. The minimum atomic E-state index is -4.48. The molecular weight excluding hydrogens is 365 g/mol. The number of aliphatic hydroxyl groups is 1. The van der Waals surface area contributed by atoms with Crippen molar-refractivity contribution < 1.29 is 26.7 Å². The molecule has 2 aromatic rings. The highest BCUT2D eigenvalue weighted by Gasteiger charge is 2.33. The second kappa shape index (κ2) is 8.68. The zero-order chi connectivity index (χ0) is 19.2. The summed E-state index contributed by atoms with van der Waals surface area (Å²) in [7, 11) is -3.47. The van der Waals surface area contributed by atoms with Gasteiger partial charge in [0.15, 0.2) is 9.84 Å². The van der Waals surface area contributed by atoms with Gasteiger partial charge in [0, 0.05) is 6.61 Å². The van der Waals surface area contributed by atoms with Gasteiger partial charge in [0.1, 0.15) is 0 Å². The van der Waals surface area contributed by atoms with E-state index in [1.807, 2.05) is 0 Å². The van der Waals surface area contributed by atoms with Gasteiger partial charge in [-0.3, -0.25) is 0 Å². The molecule has 0 fully saturated rings. The van der Waals surface area contributed by atoms with Crippen LogP contribution in [-0.4, -0.2) is 25.9 Å². The quantitative estimate of drug-likeness (QED) is 0.669. The van der Waals surface area contributed by atoms with Gasteiger partial charge in [0.25, 0.3) is 0 Å². The number of rotatable bonds is 8. The molecule has 0 aliphatic carbocycles. The van der Waals surface area contributed by atoms with Gasteiger partial charge in [-0.05, 0) is 42.2 Å². The number of hydrogen-bond acceptors (Lipinski definition) is 3. The van der Waals surface area contributed by atoms with E-state index in [1.165, 1.54) is 42.5 Å². The maximum atomic E-state index is 13.1. The van der Waals surface area contributed by atoms with Gasteiger partial charge < -0.3 is 5.11 Å². The number of benzene rings is 2. The Balaban J connectivity index is 2.16. The normalized spacial score (nSPS) is 12.3.